The normalized spacial score (nSPS) is 18.4. The fraction of sp³-hybridized carbons (Fsp3) is 0.667. The summed E-state index contributed by atoms with van der Waals surface area (Å²) in [5.74, 6) is 0.433. The second-order valence-electron chi connectivity index (χ2n) is 5.41. The van der Waals surface area contributed by atoms with Gasteiger partial charge in [0.15, 0.2) is 0 Å². The SMILES string of the molecule is CC(C)N(CCCBr)C(=O)C1CCCc2sccc21. The maximum Gasteiger partial charge on any atom is 0.230 e. The predicted molar refractivity (Wildman–Crippen MR) is 85.3 cm³/mol. The third-order valence-electron chi connectivity index (χ3n) is 3.79. The molecule has 0 N–H and O–H groups in total. The van der Waals surface area contributed by atoms with E-state index in [1.165, 1.54) is 10.4 Å². The highest BCUT2D eigenvalue weighted by Crippen LogP contribution is 2.36. The second-order valence-corrected chi connectivity index (χ2v) is 7.21. The smallest absolute Gasteiger partial charge is 0.230 e. The van der Waals surface area contributed by atoms with E-state index in [1.807, 2.05) is 0 Å². The van der Waals surface area contributed by atoms with Crippen LogP contribution in [0.3, 0.4) is 0 Å². The van der Waals surface area contributed by atoms with Crippen molar-refractivity contribution in [3.63, 3.8) is 0 Å². The molecule has 0 saturated heterocycles. The summed E-state index contributed by atoms with van der Waals surface area (Å²) in [4.78, 5) is 16.3. The molecule has 2 nitrogen and oxygen atoms in total. The third kappa shape index (κ3) is 3.40. The predicted octanol–water partition coefficient (Wildman–Crippen LogP) is 4.19. The van der Waals surface area contributed by atoms with Crippen LogP contribution in [0.5, 0.6) is 0 Å². The molecule has 0 radical (unpaired) electrons. The Morgan fingerprint density at radius 1 is 1.58 bits per heavy atom. The van der Waals surface area contributed by atoms with E-state index < -0.39 is 0 Å². The lowest BCUT2D eigenvalue weighted by Crippen LogP contribution is -2.41. The molecular formula is C15H22BrNOS. The van der Waals surface area contributed by atoms with Gasteiger partial charge in [-0.25, -0.2) is 0 Å². The van der Waals surface area contributed by atoms with Crippen molar-refractivity contribution in [2.45, 2.75) is 51.5 Å². The Bertz CT molecular complexity index is 430. The number of nitrogens with zero attached hydrogens (tertiary/aromatic N) is 1. The number of thiophene rings is 1. The molecule has 0 saturated carbocycles. The van der Waals surface area contributed by atoms with Gasteiger partial charge in [-0.05, 0) is 56.5 Å². The largest absolute Gasteiger partial charge is 0.340 e. The molecule has 106 valence electrons. The number of hydrogen-bond acceptors (Lipinski definition) is 2. The quantitative estimate of drug-likeness (QED) is 0.734. The topological polar surface area (TPSA) is 20.3 Å². The number of fused-ring (bicyclic) bond motifs is 1. The van der Waals surface area contributed by atoms with Gasteiger partial charge in [-0.3, -0.25) is 4.79 Å². The minimum atomic E-state index is 0.104. The van der Waals surface area contributed by atoms with Crippen LogP contribution in [0.1, 0.15) is 49.5 Å². The highest BCUT2D eigenvalue weighted by Gasteiger charge is 2.31. The van der Waals surface area contributed by atoms with Crippen LogP contribution in [-0.2, 0) is 11.2 Å². The lowest BCUT2D eigenvalue weighted by Gasteiger charge is -2.32. The molecule has 0 bridgehead atoms. The number of aryl methyl sites for hydroxylation is 1. The van der Waals surface area contributed by atoms with Gasteiger partial charge >= 0.3 is 0 Å². The maximum absolute atomic E-state index is 12.8. The summed E-state index contributed by atoms with van der Waals surface area (Å²) in [6.07, 6.45) is 4.33. The van der Waals surface area contributed by atoms with E-state index in [-0.39, 0.29) is 12.0 Å². The minimum Gasteiger partial charge on any atom is -0.340 e. The summed E-state index contributed by atoms with van der Waals surface area (Å²) < 4.78 is 0. The summed E-state index contributed by atoms with van der Waals surface area (Å²) in [6, 6.07) is 2.45. The van der Waals surface area contributed by atoms with Gasteiger partial charge in [-0.2, -0.15) is 0 Å². The van der Waals surface area contributed by atoms with Crippen LogP contribution in [0, 0.1) is 0 Å². The molecule has 1 aromatic heterocycles. The maximum atomic E-state index is 12.8. The van der Waals surface area contributed by atoms with Crippen LogP contribution in [0.2, 0.25) is 0 Å². The molecule has 1 unspecified atom stereocenters. The van der Waals surface area contributed by atoms with Gasteiger partial charge in [0, 0.05) is 22.8 Å². The van der Waals surface area contributed by atoms with E-state index in [0.717, 1.165) is 37.6 Å². The highest BCUT2D eigenvalue weighted by molar-refractivity contribution is 9.09. The average Bonchev–Trinajstić information content (AvgIpc) is 2.86. The first-order valence-corrected chi connectivity index (χ1v) is 9.08. The number of rotatable bonds is 5. The Morgan fingerprint density at radius 2 is 2.37 bits per heavy atom. The Hall–Kier alpha value is -0.350. The summed E-state index contributed by atoms with van der Waals surface area (Å²) in [6.45, 7) is 5.09. The van der Waals surface area contributed by atoms with Crippen LogP contribution >= 0.6 is 27.3 Å². The molecule has 0 spiro atoms. The molecule has 1 aromatic rings. The van der Waals surface area contributed by atoms with Gasteiger partial charge in [-0.1, -0.05) is 15.9 Å². The average molecular weight is 344 g/mol. The third-order valence-corrected chi connectivity index (χ3v) is 5.35. The van der Waals surface area contributed by atoms with Gasteiger partial charge in [-0.15, -0.1) is 11.3 Å². The van der Waals surface area contributed by atoms with E-state index in [0.29, 0.717) is 5.91 Å². The zero-order valence-electron chi connectivity index (χ0n) is 11.7. The first-order chi connectivity index (χ1) is 9.15. The van der Waals surface area contributed by atoms with Crippen molar-refractivity contribution >= 4 is 33.2 Å². The number of halogens is 1. The molecule has 4 heteroatoms. The Labute approximate surface area is 128 Å². The Kier molecular flexibility index (Phi) is 5.46. The summed E-state index contributed by atoms with van der Waals surface area (Å²) in [5.41, 5.74) is 1.30. The summed E-state index contributed by atoms with van der Waals surface area (Å²) in [7, 11) is 0. The highest BCUT2D eigenvalue weighted by atomic mass is 79.9. The van der Waals surface area contributed by atoms with E-state index in [2.05, 4.69) is 46.1 Å². The molecule has 2 rings (SSSR count). The minimum absolute atomic E-state index is 0.104. The van der Waals surface area contributed by atoms with Crippen molar-refractivity contribution in [3.05, 3.63) is 21.9 Å². The molecule has 1 heterocycles. The molecule has 1 atom stereocenters. The van der Waals surface area contributed by atoms with Crippen LogP contribution in [0.4, 0.5) is 0 Å². The van der Waals surface area contributed by atoms with Gasteiger partial charge in [0.1, 0.15) is 0 Å². The fourth-order valence-corrected chi connectivity index (χ4v) is 4.03. The van der Waals surface area contributed by atoms with Gasteiger partial charge in [0.05, 0.1) is 5.92 Å². The summed E-state index contributed by atoms with van der Waals surface area (Å²) in [5, 5.41) is 3.09. The van der Waals surface area contributed by atoms with Crippen LogP contribution in [-0.4, -0.2) is 28.7 Å². The van der Waals surface area contributed by atoms with Crippen LogP contribution < -0.4 is 0 Å². The number of carbonyl (C=O) groups is 1. The Balaban J connectivity index is 2.14. The van der Waals surface area contributed by atoms with Gasteiger partial charge in [0.2, 0.25) is 5.91 Å². The van der Waals surface area contributed by atoms with Crippen molar-refractivity contribution in [1.82, 2.24) is 4.90 Å². The number of carbonyl (C=O) groups excluding carboxylic acids is 1. The van der Waals surface area contributed by atoms with Crippen molar-refractivity contribution in [1.29, 1.82) is 0 Å². The molecule has 0 aromatic carbocycles. The van der Waals surface area contributed by atoms with Crippen LogP contribution in [0.25, 0.3) is 0 Å². The molecule has 1 aliphatic carbocycles. The lowest BCUT2D eigenvalue weighted by atomic mass is 9.86. The van der Waals surface area contributed by atoms with Gasteiger partial charge in [0.25, 0.3) is 0 Å². The van der Waals surface area contributed by atoms with Crippen molar-refractivity contribution in [3.8, 4) is 0 Å². The van der Waals surface area contributed by atoms with E-state index in [1.54, 1.807) is 11.3 Å². The van der Waals surface area contributed by atoms with Crippen LogP contribution in [0.15, 0.2) is 11.4 Å². The summed E-state index contributed by atoms with van der Waals surface area (Å²) >= 11 is 5.26. The monoisotopic (exact) mass is 343 g/mol. The lowest BCUT2D eigenvalue weighted by molar-refractivity contribution is -0.134. The number of alkyl halides is 1. The van der Waals surface area contributed by atoms with Gasteiger partial charge < -0.3 is 4.90 Å². The molecule has 0 aliphatic heterocycles. The number of amides is 1. The van der Waals surface area contributed by atoms with Crippen molar-refractivity contribution in [2.24, 2.45) is 0 Å². The molecule has 19 heavy (non-hydrogen) atoms. The fourth-order valence-electron chi connectivity index (χ4n) is 2.80. The second kappa shape index (κ2) is 6.89. The zero-order chi connectivity index (χ0) is 13.8. The number of hydrogen-bond donors (Lipinski definition) is 0. The van der Waals surface area contributed by atoms with E-state index in [4.69, 9.17) is 0 Å². The van der Waals surface area contributed by atoms with E-state index >= 15 is 0 Å². The van der Waals surface area contributed by atoms with Crippen molar-refractivity contribution < 1.29 is 4.79 Å². The molecule has 0 fully saturated rings. The first kappa shape index (κ1) is 15.0. The molecule has 1 amide bonds. The van der Waals surface area contributed by atoms with E-state index in [9.17, 15) is 4.79 Å². The zero-order valence-corrected chi connectivity index (χ0v) is 14.1. The Morgan fingerprint density at radius 3 is 3.05 bits per heavy atom. The van der Waals surface area contributed by atoms with Crippen molar-refractivity contribution in [2.75, 3.05) is 11.9 Å². The standard InChI is InChI=1S/C15H22BrNOS/c1-11(2)17(9-4-8-16)15(18)13-5-3-6-14-12(13)7-10-19-14/h7,10-11,13H,3-6,8-9H2,1-2H3. The molecule has 1 aliphatic rings. The molecular weight excluding hydrogens is 322 g/mol. The first-order valence-electron chi connectivity index (χ1n) is 7.08.